The van der Waals surface area contributed by atoms with Crippen LogP contribution in [0.25, 0.3) is 10.4 Å². The topological polar surface area (TPSA) is 75.1 Å². The van der Waals surface area contributed by atoms with Crippen LogP contribution in [0.4, 0.5) is 0 Å². The van der Waals surface area contributed by atoms with Crippen LogP contribution >= 0.6 is 0 Å². The molecule has 0 radical (unpaired) electrons. The molecule has 0 aliphatic carbocycles. The van der Waals surface area contributed by atoms with Crippen molar-refractivity contribution in [1.29, 1.82) is 0 Å². The molecule has 5 nitrogen and oxygen atoms in total. The lowest BCUT2D eigenvalue weighted by Crippen LogP contribution is -2.30. The summed E-state index contributed by atoms with van der Waals surface area (Å²) in [6.07, 6.45) is 0. The number of hydrogen-bond donors (Lipinski definition) is 0. The lowest BCUT2D eigenvalue weighted by molar-refractivity contribution is -0.153. The molecule has 20 heavy (non-hydrogen) atoms. The molecule has 0 aliphatic heterocycles. The van der Waals surface area contributed by atoms with Crippen LogP contribution in [0.2, 0.25) is 0 Å². The first-order chi connectivity index (χ1) is 9.69. The summed E-state index contributed by atoms with van der Waals surface area (Å²) in [5.74, 6) is -0.523. The Bertz CT molecular complexity index is 595. The van der Waals surface area contributed by atoms with E-state index in [1.165, 1.54) is 6.92 Å². The summed E-state index contributed by atoms with van der Waals surface area (Å²) < 4.78 is 5.39. The number of azide groups is 1. The number of esters is 1. The van der Waals surface area contributed by atoms with Crippen molar-refractivity contribution < 1.29 is 9.53 Å². The molecular weight excluding hydrogens is 254 g/mol. The fraction of sp³-hybridized carbons (Fsp3) is 0.133. The van der Waals surface area contributed by atoms with Crippen LogP contribution in [0.1, 0.15) is 18.1 Å². The molecule has 0 bridgehead atoms. The van der Waals surface area contributed by atoms with Gasteiger partial charge >= 0.3 is 5.97 Å². The van der Waals surface area contributed by atoms with Crippen LogP contribution in [0.3, 0.4) is 0 Å². The summed E-state index contributed by atoms with van der Waals surface area (Å²) in [6, 6.07) is 17.9. The second kappa shape index (κ2) is 5.91. The predicted molar refractivity (Wildman–Crippen MR) is 74.6 cm³/mol. The van der Waals surface area contributed by atoms with Crippen molar-refractivity contribution in [3.8, 4) is 0 Å². The Hall–Kier alpha value is -2.78. The van der Waals surface area contributed by atoms with Gasteiger partial charge in [-0.15, -0.1) is 0 Å². The van der Waals surface area contributed by atoms with Gasteiger partial charge in [-0.1, -0.05) is 60.7 Å². The average Bonchev–Trinajstić information content (AvgIpc) is 2.48. The number of nitrogens with zero attached hydrogens (tertiary/aromatic N) is 3. The van der Waals surface area contributed by atoms with E-state index in [9.17, 15) is 4.79 Å². The van der Waals surface area contributed by atoms with E-state index in [-0.39, 0.29) is 0 Å². The van der Waals surface area contributed by atoms with Gasteiger partial charge in [-0.25, -0.2) is 0 Å². The smallest absolute Gasteiger partial charge is 0.303 e. The van der Waals surface area contributed by atoms with Gasteiger partial charge in [0.1, 0.15) is 0 Å². The van der Waals surface area contributed by atoms with Crippen LogP contribution in [0.15, 0.2) is 65.8 Å². The van der Waals surface area contributed by atoms with Crippen LogP contribution in [0.5, 0.6) is 0 Å². The number of rotatable bonds is 4. The van der Waals surface area contributed by atoms with Gasteiger partial charge in [0.15, 0.2) is 0 Å². The number of carbonyl (C=O) groups is 1. The fourth-order valence-electron chi connectivity index (χ4n) is 2.02. The van der Waals surface area contributed by atoms with E-state index in [4.69, 9.17) is 10.3 Å². The molecule has 2 aromatic carbocycles. The molecule has 0 aromatic heterocycles. The normalized spacial score (nSPS) is 10.4. The molecule has 0 amide bonds. The lowest BCUT2D eigenvalue weighted by atomic mass is 9.95. The van der Waals surface area contributed by atoms with Gasteiger partial charge in [-0.05, 0) is 10.6 Å². The third kappa shape index (κ3) is 2.63. The number of benzene rings is 2. The summed E-state index contributed by atoms with van der Waals surface area (Å²) in [4.78, 5) is 14.3. The zero-order valence-electron chi connectivity index (χ0n) is 10.9. The van der Waals surface area contributed by atoms with Gasteiger partial charge in [0, 0.05) is 23.0 Å². The standard InChI is InChI=1S/C15H13N3O2/c1-12(19)20-15(17-18-16,13-8-4-2-5-9-13)14-10-6-3-7-11-14/h2-11H,1H3. The van der Waals surface area contributed by atoms with E-state index < -0.39 is 11.7 Å². The highest BCUT2D eigenvalue weighted by Gasteiger charge is 2.36. The van der Waals surface area contributed by atoms with Crippen LogP contribution in [-0.4, -0.2) is 5.97 Å². The van der Waals surface area contributed by atoms with E-state index in [1.807, 2.05) is 12.1 Å². The molecule has 0 saturated carbocycles. The second-order valence-electron chi connectivity index (χ2n) is 4.16. The first-order valence-electron chi connectivity index (χ1n) is 6.06. The quantitative estimate of drug-likeness (QED) is 0.366. The summed E-state index contributed by atoms with van der Waals surface area (Å²) in [5, 5.41) is 3.77. The van der Waals surface area contributed by atoms with Gasteiger partial charge in [0.05, 0.1) is 0 Å². The highest BCUT2D eigenvalue weighted by molar-refractivity contribution is 5.67. The van der Waals surface area contributed by atoms with Gasteiger partial charge in [0.2, 0.25) is 5.72 Å². The third-order valence-electron chi connectivity index (χ3n) is 2.81. The molecule has 0 atom stereocenters. The number of hydrogen-bond acceptors (Lipinski definition) is 3. The van der Waals surface area contributed by atoms with E-state index >= 15 is 0 Å². The maximum Gasteiger partial charge on any atom is 0.303 e. The molecule has 0 heterocycles. The van der Waals surface area contributed by atoms with E-state index in [1.54, 1.807) is 48.5 Å². The monoisotopic (exact) mass is 267 g/mol. The molecule has 0 N–H and O–H groups in total. The van der Waals surface area contributed by atoms with Crippen molar-refractivity contribution in [3.63, 3.8) is 0 Å². The third-order valence-corrected chi connectivity index (χ3v) is 2.81. The minimum Gasteiger partial charge on any atom is -0.443 e. The Morgan fingerprint density at radius 3 is 1.85 bits per heavy atom. The first-order valence-corrected chi connectivity index (χ1v) is 6.06. The highest BCUT2D eigenvalue weighted by atomic mass is 16.6. The second-order valence-corrected chi connectivity index (χ2v) is 4.16. The Balaban J connectivity index is 2.69. The molecular formula is C15H13N3O2. The van der Waals surface area contributed by atoms with Crippen molar-refractivity contribution in [3.05, 3.63) is 82.2 Å². The van der Waals surface area contributed by atoms with Gasteiger partial charge in [0.25, 0.3) is 0 Å². The zero-order chi connectivity index (χ0) is 14.4. The van der Waals surface area contributed by atoms with Crippen molar-refractivity contribution in [2.45, 2.75) is 12.6 Å². The molecule has 0 fully saturated rings. The summed E-state index contributed by atoms with van der Waals surface area (Å²) in [6.45, 7) is 1.29. The van der Waals surface area contributed by atoms with Gasteiger partial charge in [-0.2, -0.15) is 0 Å². The summed E-state index contributed by atoms with van der Waals surface area (Å²) in [7, 11) is 0. The van der Waals surface area contributed by atoms with Crippen LogP contribution in [0, 0.1) is 0 Å². The lowest BCUT2D eigenvalue weighted by Gasteiger charge is -2.29. The molecule has 5 heteroatoms. The Morgan fingerprint density at radius 2 is 1.50 bits per heavy atom. The maximum absolute atomic E-state index is 11.5. The molecule has 100 valence electrons. The van der Waals surface area contributed by atoms with Crippen molar-refractivity contribution in [2.24, 2.45) is 5.11 Å². The first kappa shape index (κ1) is 13.6. The molecule has 0 saturated heterocycles. The minimum atomic E-state index is -1.48. The number of carbonyl (C=O) groups excluding carboxylic acids is 1. The van der Waals surface area contributed by atoms with Crippen molar-refractivity contribution in [1.82, 2.24) is 0 Å². The molecule has 0 unspecified atom stereocenters. The SMILES string of the molecule is CC(=O)OC(N=[N+]=[N-])(c1ccccc1)c1ccccc1. The summed E-state index contributed by atoms with van der Waals surface area (Å²) in [5.41, 5.74) is 8.61. The van der Waals surface area contributed by atoms with E-state index in [0.717, 1.165) is 0 Å². The number of ether oxygens (including phenoxy) is 1. The molecule has 2 aromatic rings. The Kier molecular flexibility index (Phi) is 4.03. The maximum atomic E-state index is 11.5. The van der Waals surface area contributed by atoms with Crippen molar-refractivity contribution in [2.75, 3.05) is 0 Å². The minimum absolute atomic E-state index is 0.523. The molecule has 0 spiro atoms. The Morgan fingerprint density at radius 1 is 1.05 bits per heavy atom. The zero-order valence-corrected chi connectivity index (χ0v) is 10.9. The summed E-state index contributed by atoms with van der Waals surface area (Å²) >= 11 is 0. The molecule has 2 rings (SSSR count). The largest absolute Gasteiger partial charge is 0.443 e. The van der Waals surface area contributed by atoms with Crippen molar-refractivity contribution >= 4 is 5.97 Å². The van der Waals surface area contributed by atoms with Crippen LogP contribution < -0.4 is 0 Å². The Labute approximate surface area is 116 Å². The van der Waals surface area contributed by atoms with Gasteiger partial charge < -0.3 is 4.74 Å². The fourth-order valence-corrected chi connectivity index (χ4v) is 2.02. The van der Waals surface area contributed by atoms with E-state index in [2.05, 4.69) is 10.0 Å². The van der Waals surface area contributed by atoms with Gasteiger partial charge in [-0.3, -0.25) is 4.79 Å². The van der Waals surface area contributed by atoms with E-state index in [0.29, 0.717) is 11.1 Å². The average molecular weight is 267 g/mol. The highest BCUT2D eigenvalue weighted by Crippen LogP contribution is 2.35. The predicted octanol–water partition coefficient (Wildman–Crippen LogP) is 3.76. The van der Waals surface area contributed by atoms with Crippen LogP contribution in [-0.2, 0) is 15.3 Å². The molecule has 0 aliphatic rings.